The van der Waals surface area contributed by atoms with Crippen molar-refractivity contribution in [3.05, 3.63) is 80.6 Å². The van der Waals surface area contributed by atoms with E-state index in [4.69, 9.17) is 36.3 Å². The van der Waals surface area contributed by atoms with E-state index in [0.717, 1.165) is 18.4 Å². The monoisotopic (exact) mass is 609 g/mol. The van der Waals surface area contributed by atoms with Gasteiger partial charge in [0.25, 0.3) is 0 Å². The average molecular weight is 610 g/mol. The Morgan fingerprint density at radius 3 is 2.79 bits per heavy atom. The van der Waals surface area contributed by atoms with E-state index < -0.39 is 17.0 Å². The maximum Gasteiger partial charge on any atom is 0.163 e. The molecule has 1 fully saturated rings. The molecule has 1 saturated carbocycles. The van der Waals surface area contributed by atoms with Crippen LogP contribution in [0.5, 0.6) is 17.2 Å². The van der Waals surface area contributed by atoms with Crippen molar-refractivity contribution in [2.75, 3.05) is 26.8 Å². The number of aromatic nitrogens is 1. The Morgan fingerprint density at radius 2 is 2.09 bits per heavy atom. The number of nitrogens with zero attached hydrogens (tertiary/aromatic N) is 4. The minimum Gasteiger partial charge on any atom is -0.493 e. The number of carbonyl (C=O) groups excluding carboxylic acids is 1. The Hall–Kier alpha value is -3.89. The van der Waals surface area contributed by atoms with E-state index in [1.165, 1.54) is 19.2 Å². The summed E-state index contributed by atoms with van der Waals surface area (Å²) >= 11 is 6.10. The van der Waals surface area contributed by atoms with Gasteiger partial charge in [-0.25, -0.2) is 9.37 Å². The number of ether oxygens (including phenoxy) is 3. The lowest BCUT2D eigenvalue weighted by molar-refractivity contribution is 0.0396. The summed E-state index contributed by atoms with van der Waals surface area (Å²) < 4.78 is 31.4. The van der Waals surface area contributed by atoms with Crippen LogP contribution in [0, 0.1) is 5.82 Å². The molecule has 0 radical (unpaired) electrons. The smallest absolute Gasteiger partial charge is 0.163 e. The Kier molecular flexibility index (Phi) is 8.80. The van der Waals surface area contributed by atoms with Crippen LogP contribution >= 0.6 is 11.6 Å². The van der Waals surface area contributed by atoms with Crippen molar-refractivity contribution < 1.29 is 28.5 Å². The van der Waals surface area contributed by atoms with Crippen molar-refractivity contribution in [3.8, 4) is 28.5 Å². The Labute approximate surface area is 253 Å². The number of benzene rings is 2. The van der Waals surface area contributed by atoms with Crippen molar-refractivity contribution in [2.24, 2.45) is 5.11 Å². The number of rotatable bonds is 13. The predicted octanol–water partition coefficient (Wildman–Crippen LogP) is 6.47. The molecule has 2 unspecified atom stereocenters. The van der Waals surface area contributed by atoms with E-state index in [1.807, 2.05) is 6.92 Å². The third kappa shape index (κ3) is 6.70. The second-order valence-corrected chi connectivity index (χ2v) is 11.7. The fourth-order valence-electron chi connectivity index (χ4n) is 5.00. The van der Waals surface area contributed by atoms with Crippen LogP contribution in [-0.4, -0.2) is 48.8 Å². The van der Waals surface area contributed by atoms with Gasteiger partial charge in [-0.05, 0) is 81.1 Å². The summed E-state index contributed by atoms with van der Waals surface area (Å²) in [5.74, 6) is 0.814. The second kappa shape index (κ2) is 12.4. The summed E-state index contributed by atoms with van der Waals surface area (Å²) in [6.07, 6.45) is 2.31. The number of halogens is 2. The molecule has 3 aromatic rings. The fraction of sp³-hybridized carbons (Fsp3) is 0.419. The number of ketones is 1. The molecule has 226 valence electrons. The number of fused-ring (bicyclic) bond motifs is 1. The lowest BCUT2D eigenvalue weighted by atomic mass is 9.87. The van der Waals surface area contributed by atoms with Gasteiger partial charge in [0, 0.05) is 41.1 Å². The van der Waals surface area contributed by atoms with Crippen molar-refractivity contribution >= 4 is 17.4 Å². The number of carbonyl (C=O) groups is 1. The van der Waals surface area contributed by atoms with Crippen LogP contribution in [0.3, 0.4) is 0 Å². The first-order chi connectivity index (χ1) is 20.5. The number of aliphatic hydroxyl groups is 1. The molecular weight excluding hydrogens is 577 g/mol. The number of hydrogen-bond acceptors (Lipinski definition) is 8. The quantitative estimate of drug-likeness (QED) is 0.0744. The van der Waals surface area contributed by atoms with Gasteiger partial charge in [0.1, 0.15) is 23.7 Å². The molecule has 2 heterocycles. The predicted molar refractivity (Wildman–Crippen MR) is 159 cm³/mol. The zero-order valence-electron chi connectivity index (χ0n) is 24.2. The van der Waals surface area contributed by atoms with Gasteiger partial charge < -0.3 is 24.6 Å². The standard InChI is InChI=1S/C31H33ClFN5O5/c1-30(35-12-13-36-38-34)17-42-29-21(30)16-27(37-28(29)19-4-8-23(33)22(32)14-19)31(2,40)11-10-24(39)18-5-9-25(26(15-18)41-3)43-20-6-7-20/h4-5,8-9,14-16,20,35,40H,6-7,10-13,17H2,1-3H3. The minimum absolute atomic E-state index is 0.0354. The summed E-state index contributed by atoms with van der Waals surface area (Å²) in [6, 6.07) is 11.1. The summed E-state index contributed by atoms with van der Waals surface area (Å²) in [5, 5.41) is 18.6. The maximum absolute atomic E-state index is 14.0. The molecule has 1 aliphatic carbocycles. The lowest BCUT2D eigenvalue weighted by Gasteiger charge is -2.28. The third-order valence-corrected chi connectivity index (χ3v) is 8.04. The van der Waals surface area contributed by atoms with Crippen LogP contribution in [0.2, 0.25) is 5.02 Å². The van der Waals surface area contributed by atoms with Crippen LogP contribution in [0.15, 0.2) is 47.6 Å². The summed E-state index contributed by atoms with van der Waals surface area (Å²) in [4.78, 5) is 20.8. The third-order valence-electron chi connectivity index (χ3n) is 7.75. The van der Waals surface area contributed by atoms with Crippen LogP contribution in [0.25, 0.3) is 21.7 Å². The number of methoxy groups -OCH3 is 1. The van der Waals surface area contributed by atoms with E-state index >= 15 is 0 Å². The molecule has 0 saturated heterocycles. The van der Waals surface area contributed by atoms with Crippen molar-refractivity contribution in [1.29, 1.82) is 0 Å². The van der Waals surface area contributed by atoms with Gasteiger partial charge in [-0.15, -0.1) is 0 Å². The highest BCUT2D eigenvalue weighted by molar-refractivity contribution is 6.31. The molecule has 1 aromatic heterocycles. The molecular formula is C31H33ClFN5O5. The highest BCUT2D eigenvalue weighted by Crippen LogP contribution is 2.45. The minimum atomic E-state index is -1.52. The molecule has 5 rings (SSSR count). The average Bonchev–Trinajstić information content (AvgIpc) is 3.76. The van der Waals surface area contributed by atoms with Crippen molar-refractivity contribution in [2.45, 2.75) is 56.8 Å². The summed E-state index contributed by atoms with van der Waals surface area (Å²) in [6.45, 7) is 4.40. The van der Waals surface area contributed by atoms with Crippen LogP contribution in [-0.2, 0) is 11.1 Å². The Morgan fingerprint density at radius 1 is 1.30 bits per heavy atom. The van der Waals surface area contributed by atoms with Crippen LogP contribution in [0.1, 0.15) is 61.1 Å². The first-order valence-corrected chi connectivity index (χ1v) is 14.4. The number of Topliss-reactive ketones (excluding diaryl/α,β-unsaturated/α-hetero) is 1. The molecule has 12 heteroatoms. The van der Waals surface area contributed by atoms with Gasteiger partial charge >= 0.3 is 0 Å². The largest absolute Gasteiger partial charge is 0.493 e. The van der Waals surface area contributed by atoms with Crippen molar-refractivity contribution in [3.63, 3.8) is 0 Å². The zero-order valence-corrected chi connectivity index (χ0v) is 24.9. The topological polar surface area (TPSA) is 139 Å². The Balaban J connectivity index is 1.43. The zero-order chi connectivity index (χ0) is 30.8. The van der Waals surface area contributed by atoms with Gasteiger partial charge in [0.15, 0.2) is 23.0 Å². The molecule has 2 N–H and O–H groups in total. The number of azide groups is 1. The molecule has 0 amide bonds. The van der Waals surface area contributed by atoms with Gasteiger partial charge in [-0.3, -0.25) is 4.79 Å². The number of nitrogens with one attached hydrogen (secondary N) is 1. The molecule has 2 aliphatic rings. The van der Waals surface area contributed by atoms with Gasteiger partial charge in [0.05, 0.1) is 29.5 Å². The van der Waals surface area contributed by atoms with Gasteiger partial charge in [-0.2, -0.15) is 0 Å². The highest BCUT2D eigenvalue weighted by atomic mass is 35.5. The molecule has 10 nitrogen and oxygen atoms in total. The molecule has 2 aromatic carbocycles. The molecule has 0 bridgehead atoms. The SMILES string of the molecule is COc1cc(C(=O)CCC(C)(O)c2cc3c(c(-c4ccc(F)c(Cl)c4)n2)OCC3(C)NCCN=[N+]=[N-])ccc1OC1CC1. The van der Waals surface area contributed by atoms with Crippen LogP contribution < -0.4 is 19.5 Å². The number of hydrogen-bond donors (Lipinski definition) is 2. The number of pyridine rings is 1. The lowest BCUT2D eigenvalue weighted by Crippen LogP contribution is -2.42. The first-order valence-electron chi connectivity index (χ1n) is 14.0. The second-order valence-electron chi connectivity index (χ2n) is 11.2. The molecule has 1 aliphatic heterocycles. The van der Waals surface area contributed by atoms with E-state index in [2.05, 4.69) is 15.3 Å². The fourth-order valence-corrected chi connectivity index (χ4v) is 5.19. The Bertz CT molecular complexity index is 1590. The van der Waals surface area contributed by atoms with E-state index in [9.17, 15) is 14.3 Å². The van der Waals surface area contributed by atoms with Crippen molar-refractivity contribution in [1.82, 2.24) is 10.3 Å². The molecule has 0 spiro atoms. The molecule has 43 heavy (non-hydrogen) atoms. The summed E-state index contributed by atoms with van der Waals surface area (Å²) in [7, 11) is 1.53. The molecule has 2 atom stereocenters. The van der Waals surface area contributed by atoms with Gasteiger partial charge in [0.2, 0.25) is 0 Å². The summed E-state index contributed by atoms with van der Waals surface area (Å²) in [5.41, 5.74) is 8.80. The maximum atomic E-state index is 14.0. The normalized spacial score (nSPS) is 18.7. The van der Waals surface area contributed by atoms with E-state index in [-0.39, 0.29) is 42.9 Å². The van der Waals surface area contributed by atoms with E-state index in [0.29, 0.717) is 46.3 Å². The first kappa shape index (κ1) is 30.6. The highest BCUT2D eigenvalue weighted by Gasteiger charge is 2.40. The van der Waals surface area contributed by atoms with Crippen LogP contribution in [0.4, 0.5) is 4.39 Å². The van der Waals surface area contributed by atoms with E-state index in [1.54, 1.807) is 37.3 Å². The van der Waals surface area contributed by atoms with Gasteiger partial charge in [-0.1, -0.05) is 16.7 Å².